The van der Waals surface area contributed by atoms with Gasteiger partial charge in [0.2, 0.25) is 0 Å². The minimum absolute atomic E-state index is 0.791. The van der Waals surface area contributed by atoms with E-state index in [0.717, 1.165) is 25.2 Å². The van der Waals surface area contributed by atoms with Gasteiger partial charge in [-0.3, -0.25) is 0 Å². The molecule has 2 atom stereocenters. The van der Waals surface area contributed by atoms with Crippen LogP contribution in [0, 0.1) is 5.92 Å². The van der Waals surface area contributed by atoms with E-state index in [4.69, 9.17) is 4.74 Å². The third kappa shape index (κ3) is 0.970. The van der Waals surface area contributed by atoms with Gasteiger partial charge in [-0.2, -0.15) is 0 Å². The zero-order valence-corrected chi connectivity index (χ0v) is 5.60. The summed E-state index contributed by atoms with van der Waals surface area (Å²) in [5.41, 5.74) is 0. The zero-order chi connectivity index (χ0) is 6.10. The summed E-state index contributed by atoms with van der Waals surface area (Å²) in [4.78, 5) is 0. The maximum Gasteiger partial charge on any atom is 0.0509 e. The molecule has 2 aliphatic heterocycles. The maximum atomic E-state index is 5.34. The first-order valence-electron chi connectivity index (χ1n) is 3.78. The molecule has 0 unspecified atom stereocenters. The highest BCUT2D eigenvalue weighted by Crippen LogP contribution is 2.22. The number of nitrogens with one attached hydrogen (secondary N) is 1. The first kappa shape index (κ1) is 5.69. The molecular formula is C7H13NO. The Bertz CT molecular complexity index is 93.1. The number of hydrogen-bond acceptors (Lipinski definition) is 2. The fourth-order valence-electron chi connectivity index (χ4n) is 1.80. The van der Waals surface area contributed by atoms with Crippen molar-refractivity contribution in [2.75, 3.05) is 19.8 Å². The Morgan fingerprint density at radius 3 is 3.22 bits per heavy atom. The lowest BCUT2D eigenvalue weighted by Gasteiger charge is -2.24. The number of fused-ring (bicyclic) bond motifs is 1. The highest BCUT2D eigenvalue weighted by atomic mass is 16.5. The second-order valence-corrected chi connectivity index (χ2v) is 2.97. The molecule has 0 amide bonds. The van der Waals surface area contributed by atoms with Crippen LogP contribution in [0.3, 0.4) is 0 Å². The van der Waals surface area contributed by atoms with Crippen LogP contribution in [0.1, 0.15) is 12.8 Å². The molecule has 9 heavy (non-hydrogen) atoms. The first-order chi connectivity index (χ1) is 4.47. The van der Waals surface area contributed by atoms with Crippen molar-refractivity contribution in [1.82, 2.24) is 5.32 Å². The van der Waals surface area contributed by atoms with Crippen LogP contribution in [0.4, 0.5) is 0 Å². The third-order valence-electron chi connectivity index (χ3n) is 2.40. The van der Waals surface area contributed by atoms with Gasteiger partial charge in [0.15, 0.2) is 0 Å². The quantitative estimate of drug-likeness (QED) is 0.508. The molecule has 2 saturated heterocycles. The summed E-state index contributed by atoms with van der Waals surface area (Å²) in [6, 6.07) is 0.791. The van der Waals surface area contributed by atoms with Crippen molar-refractivity contribution in [3.8, 4) is 0 Å². The van der Waals surface area contributed by atoms with Crippen LogP contribution in [0.25, 0.3) is 0 Å². The van der Waals surface area contributed by atoms with E-state index in [1.165, 1.54) is 19.4 Å². The van der Waals surface area contributed by atoms with Crippen molar-refractivity contribution in [2.45, 2.75) is 18.9 Å². The van der Waals surface area contributed by atoms with E-state index in [1.807, 2.05) is 0 Å². The van der Waals surface area contributed by atoms with Crippen LogP contribution in [0.15, 0.2) is 0 Å². The van der Waals surface area contributed by atoms with Gasteiger partial charge in [-0.1, -0.05) is 0 Å². The van der Waals surface area contributed by atoms with E-state index in [0.29, 0.717) is 0 Å². The lowest BCUT2D eigenvalue weighted by Crippen LogP contribution is -2.34. The minimum atomic E-state index is 0.791. The lowest BCUT2D eigenvalue weighted by molar-refractivity contribution is 0.0478. The normalized spacial score (nSPS) is 42.7. The van der Waals surface area contributed by atoms with Crippen LogP contribution in [0.5, 0.6) is 0 Å². The minimum Gasteiger partial charge on any atom is -0.381 e. The Hall–Kier alpha value is -0.0800. The van der Waals surface area contributed by atoms with Crippen LogP contribution >= 0.6 is 0 Å². The van der Waals surface area contributed by atoms with Gasteiger partial charge in [-0.25, -0.2) is 0 Å². The van der Waals surface area contributed by atoms with E-state index < -0.39 is 0 Å². The van der Waals surface area contributed by atoms with Gasteiger partial charge < -0.3 is 10.1 Å². The molecule has 1 N–H and O–H groups in total. The fraction of sp³-hybridized carbons (Fsp3) is 1.00. The Labute approximate surface area is 55.6 Å². The maximum absolute atomic E-state index is 5.34. The van der Waals surface area contributed by atoms with Crippen LogP contribution in [0.2, 0.25) is 0 Å². The van der Waals surface area contributed by atoms with E-state index in [1.54, 1.807) is 0 Å². The molecule has 0 radical (unpaired) electrons. The van der Waals surface area contributed by atoms with E-state index in [9.17, 15) is 0 Å². The molecule has 2 fully saturated rings. The highest BCUT2D eigenvalue weighted by molar-refractivity contribution is 4.85. The summed E-state index contributed by atoms with van der Waals surface area (Å²) in [5.74, 6) is 0.832. The summed E-state index contributed by atoms with van der Waals surface area (Å²) in [5, 5.41) is 3.48. The first-order valence-corrected chi connectivity index (χ1v) is 3.78. The smallest absolute Gasteiger partial charge is 0.0509 e. The predicted molar refractivity (Wildman–Crippen MR) is 35.3 cm³/mol. The third-order valence-corrected chi connectivity index (χ3v) is 2.40. The molecular weight excluding hydrogens is 114 g/mol. The van der Waals surface area contributed by atoms with Crippen molar-refractivity contribution in [1.29, 1.82) is 0 Å². The van der Waals surface area contributed by atoms with Gasteiger partial charge in [0.1, 0.15) is 0 Å². The lowest BCUT2D eigenvalue weighted by atomic mass is 9.98. The van der Waals surface area contributed by atoms with E-state index >= 15 is 0 Å². The summed E-state index contributed by atoms with van der Waals surface area (Å²) in [6.45, 7) is 3.17. The van der Waals surface area contributed by atoms with Gasteiger partial charge in [0, 0.05) is 12.6 Å². The number of rotatable bonds is 0. The molecule has 0 aliphatic carbocycles. The van der Waals surface area contributed by atoms with Crippen molar-refractivity contribution < 1.29 is 4.74 Å². The summed E-state index contributed by atoms with van der Waals surface area (Å²) in [7, 11) is 0. The predicted octanol–water partition coefficient (Wildman–Crippen LogP) is 0.385. The van der Waals surface area contributed by atoms with Crippen LogP contribution in [-0.4, -0.2) is 25.8 Å². The Kier molecular flexibility index (Phi) is 1.44. The number of ether oxygens (including phenoxy) is 1. The topological polar surface area (TPSA) is 21.3 Å². The van der Waals surface area contributed by atoms with Crippen LogP contribution in [-0.2, 0) is 4.74 Å². The SMILES string of the molecule is C1C[C@H]2COCC[C@@H]2N1. The molecule has 2 heterocycles. The van der Waals surface area contributed by atoms with Gasteiger partial charge in [0.25, 0.3) is 0 Å². The van der Waals surface area contributed by atoms with Gasteiger partial charge in [0.05, 0.1) is 6.61 Å². The summed E-state index contributed by atoms with van der Waals surface area (Å²) < 4.78 is 5.34. The van der Waals surface area contributed by atoms with Gasteiger partial charge in [-0.05, 0) is 25.3 Å². The Balaban J connectivity index is 1.97. The molecule has 0 aromatic heterocycles. The molecule has 52 valence electrons. The average molecular weight is 127 g/mol. The summed E-state index contributed by atoms with van der Waals surface area (Å²) >= 11 is 0. The standard InChI is InChI=1S/C7H13NO/c1-3-8-7-2-4-9-5-6(1)7/h6-8H,1-5H2/t6-,7-/m0/s1. The fourth-order valence-corrected chi connectivity index (χ4v) is 1.80. The molecule has 2 aliphatic rings. The molecule has 2 nitrogen and oxygen atoms in total. The molecule has 0 bridgehead atoms. The molecule has 2 rings (SSSR count). The molecule has 0 saturated carbocycles. The van der Waals surface area contributed by atoms with E-state index in [2.05, 4.69) is 5.32 Å². The Morgan fingerprint density at radius 1 is 1.33 bits per heavy atom. The van der Waals surface area contributed by atoms with E-state index in [-0.39, 0.29) is 0 Å². The molecule has 0 aromatic rings. The highest BCUT2D eigenvalue weighted by Gasteiger charge is 2.29. The largest absolute Gasteiger partial charge is 0.381 e. The van der Waals surface area contributed by atoms with Crippen molar-refractivity contribution in [3.63, 3.8) is 0 Å². The molecule has 0 spiro atoms. The van der Waals surface area contributed by atoms with Gasteiger partial charge in [-0.15, -0.1) is 0 Å². The second-order valence-electron chi connectivity index (χ2n) is 2.97. The summed E-state index contributed by atoms with van der Waals surface area (Å²) in [6.07, 6.45) is 2.55. The molecule has 2 heteroatoms. The monoisotopic (exact) mass is 127 g/mol. The number of hydrogen-bond donors (Lipinski definition) is 1. The zero-order valence-electron chi connectivity index (χ0n) is 5.60. The second kappa shape index (κ2) is 2.27. The van der Waals surface area contributed by atoms with Gasteiger partial charge >= 0.3 is 0 Å². The van der Waals surface area contributed by atoms with Crippen molar-refractivity contribution in [2.24, 2.45) is 5.92 Å². The molecule has 0 aromatic carbocycles. The van der Waals surface area contributed by atoms with Crippen molar-refractivity contribution >= 4 is 0 Å². The van der Waals surface area contributed by atoms with Crippen molar-refractivity contribution in [3.05, 3.63) is 0 Å². The van der Waals surface area contributed by atoms with Crippen LogP contribution < -0.4 is 5.32 Å². The Morgan fingerprint density at radius 2 is 2.33 bits per heavy atom. The average Bonchev–Trinajstić information content (AvgIpc) is 2.33.